The lowest BCUT2D eigenvalue weighted by Gasteiger charge is -2.29. The van der Waals surface area contributed by atoms with Crippen LogP contribution in [0.3, 0.4) is 0 Å². The molecule has 0 unspecified atom stereocenters. The third-order valence-electron chi connectivity index (χ3n) is 5.20. The van der Waals surface area contributed by atoms with Gasteiger partial charge in [-0.1, -0.05) is 12.1 Å². The summed E-state index contributed by atoms with van der Waals surface area (Å²) in [5, 5.41) is 2.09. The molecule has 0 bridgehead atoms. The van der Waals surface area contributed by atoms with E-state index in [1.165, 1.54) is 33.3 Å². The number of benzene rings is 1. The molecule has 10 nitrogen and oxygen atoms in total. The molecule has 0 radical (unpaired) electrons. The third-order valence-corrected chi connectivity index (χ3v) is 5.20. The number of likely N-dealkylation sites (N-methyl/N-ethyl adjacent to an activating group) is 3. The first-order valence-electron chi connectivity index (χ1n) is 9.22. The highest BCUT2D eigenvalue weighted by Crippen LogP contribution is 2.24. The van der Waals surface area contributed by atoms with Gasteiger partial charge in [0.05, 0.1) is 0 Å². The van der Waals surface area contributed by atoms with Crippen LogP contribution in [0.15, 0.2) is 23.3 Å². The Labute approximate surface area is 177 Å². The van der Waals surface area contributed by atoms with Crippen molar-refractivity contribution < 1.29 is 28.8 Å². The topological polar surface area (TPSA) is 124 Å². The van der Waals surface area contributed by atoms with Gasteiger partial charge in [-0.25, -0.2) is 9.59 Å². The predicted molar refractivity (Wildman–Crippen MR) is 109 cm³/mol. The minimum Gasteiger partial charge on any atom is -0.273 e. The van der Waals surface area contributed by atoms with Crippen molar-refractivity contribution in [1.82, 2.24) is 20.0 Å². The molecule has 0 saturated carbocycles. The van der Waals surface area contributed by atoms with Crippen molar-refractivity contribution in [2.75, 3.05) is 21.1 Å². The third kappa shape index (κ3) is 3.63. The Morgan fingerprint density at radius 3 is 1.58 bits per heavy atom. The summed E-state index contributed by atoms with van der Waals surface area (Å²) in [7, 11) is 3.86. The lowest BCUT2D eigenvalue weighted by Crippen LogP contribution is -2.52. The van der Waals surface area contributed by atoms with Crippen LogP contribution >= 0.6 is 0 Å². The zero-order chi connectivity index (χ0) is 23.2. The van der Waals surface area contributed by atoms with Crippen molar-refractivity contribution in [3.05, 3.63) is 45.5 Å². The number of hydrogen-bond donors (Lipinski definition) is 1. The van der Waals surface area contributed by atoms with Crippen LogP contribution in [0.1, 0.15) is 22.3 Å². The Bertz CT molecular complexity index is 1120. The first-order chi connectivity index (χ1) is 14.4. The van der Waals surface area contributed by atoms with E-state index >= 15 is 0 Å². The number of imide groups is 4. The van der Waals surface area contributed by atoms with Gasteiger partial charge in [0.2, 0.25) is 0 Å². The van der Waals surface area contributed by atoms with Gasteiger partial charge in [-0.3, -0.25) is 39.2 Å². The fourth-order valence-electron chi connectivity index (χ4n) is 3.20. The number of urea groups is 2. The summed E-state index contributed by atoms with van der Waals surface area (Å²) in [5.74, 6) is -2.90. The highest BCUT2D eigenvalue weighted by Gasteiger charge is 2.38. The van der Waals surface area contributed by atoms with E-state index in [4.69, 9.17) is 0 Å². The average Bonchev–Trinajstić information content (AvgIpc) is 2.72. The molecule has 1 aromatic rings. The molecule has 2 saturated heterocycles. The Balaban J connectivity index is 2.03. The Kier molecular flexibility index (Phi) is 5.32. The molecule has 2 aliphatic heterocycles. The Morgan fingerprint density at radius 2 is 1.10 bits per heavy atom. The molecule has 2 fully saturated rings. The van der Waals surface area contributed by atoms with Gasteiger partial charge < -0.3 is 0 Å². The van der Waals surface area contributed by atoms with Crippen molar-refractivity contribution in [2.24, 2.45) is 0 Å². The lowest BCUT2D eigenvalue weighted by atomic mass is 9.95. The monoisotopic (exact) mass is 424 g/mol. The van der Waals surface area contributed by atoms with E-state index < -0.39 is 35.7 Å². The molecule has 0 aliphatic carbocycles. The number of carbonyl (C=O) groups excluding carboxylic acids is 6. The Morgan fingerprint density at radius 1 is 0.677 bits per heavy atom. The normalized spacial score (nSPS) is 18.9. The zero-order valence-electron chi connectivity index (χ0n) is 17.6. The highest BCUT2D eigenvalue weighted by atomic mass is 16.2. The molecule has 160 valence electrons. The SMILES string of the molecule is Cc1cc(/C=C2\C(=O)NC(=O)N(C)C2=O)c(C)cc1C=C1C(=O)N(C)C(=O)N(C)C1=O. The summed E-state index contributed by atoms with van der Waals surface area (Å²) in [4.78, 5) is 75.2. The summed E-state index contributed by atoms with van der Waals surface area (Å²) in [6, 6.07) is 1.89. The second kappa shape index (κ2) is 7.63. The van der Waals surface area contributed by atoms with Crippen LogP contribution in [0, 0.1) is 13.8 Å². The molecule has 1 aromatic carbocycles. The fourth-order valence-corrected chi connectivity index (χ4v) is 3.20. The van der Waals surface area contributed by atoms with Gasteiger partial charge in [0, 0.05) is 21.1 Å². The first-order valence-corrected chi connectivity index (χ1v) is 9.22. The quantitative estimate of drug-likeness (QED) is 0.554. The molecular formula is C21H20N4O6. The van der Waals surface area contributed by atoms with Gasteiger partial charge in [-0.05, 0) is 48.3 Å². The number of barbiturate groups is 2. The smallest absolute Gasteiger partial charge is 0.273 e. The standard InChI is InChI=1S/C21H20N4O6/c1-10-7-13(9-15-18(28)24(4)21(31)25(5)19(15)29)11(2)6-12(10)8-14-16(26)22-20(30)23(3)17(14)27/h6-9H,1-5H3,(H,22,26,30)/b14-8+. The van der Waals surface area contributed by atoms with Crippen LogP contribution in [0.25, 0.3) is 12.2 Å². The number of carbonyl (C=O) groups is 6. The number of nitrogens with zero attached hydrogens (tertiary/aromatic N) is 3. The van der Waals surface area contributed by atoms with Gasteiger partial charge in [0.1, 0.15) is 11.1 Å². The highest BCUT2D eigenvalue weighted by molar-refractivity contribution is 6.31. The molecule has 0 spiro atoms. The molecule has 31 heavy (non-hydrogen) atoms. The van der Waals surface area contributed by atoms with E-state index in [1.807, 2.05) is 0 Å². The predicted octanol–water partition coefficient (Wildman–Crippen LogP) is 0.829. The van der Waals surface area contributed by atoms with E-state index in [2.05, 4.69) is 5.32 Å². The molecule has 0 aromatic heterocycles. The Hall–Kier alpha value is -4.08. The fraction of sp³-hybridized carbons (Fsp3) is 0.238. The zero-order valence-corrected chi connectivity index (χ0v) is 17.6. The van der Waals surface area contributed by atoms with E-state index in [9.17, 15) is 28.8 Å². The summed E-state index contributed by atoms with van der Waals surface area (Å²) in [6.07, 6.45) is 2.80. The lowest BCUT2D eigenvalue weighted by molar-refractivity contribution is -0.134. The minimum atomic E-state index is -0.794. The molecule has 8 amide bonds. The molecule has 3 rings (SSSR count). The van der Waals surface area contributed by atoms with E-state index in [-0.39, 0.29) is 11.1 Å². The van der Waals surface area contributed by atoms with E-state index in [0.29, 0.717) is 22.3 Å². The maximum absolute atomic E-state index is 12.4. The number of hydrogen-bond acceptors (Lipinski definition) is 6. The van der Waals surface area contributed by atoms with Crippen LogP contribution in [-0.4, -0.2) is 71.5 Å². The molecule has 10 heteroatoms. The van der Waals surface area contributed by atoms with Crippen LogP contribution in [-0.2, 0) is 19.2 Å². The van der Waals surface area contributed by atoms with Crippen LogP contribution in [0.5, 0.6) is 0 Å². The maximum Gasteiger partial charge on any atom is 0.333 e. The van der Waals surface area contributed by atoms with Gasteiger partial charge in [-0.2, -0.15) is 0 Å². The van der Waals surface area contributed by atoms with Crippen molar-refractivity contribution in [3.8, 4) is 0 Å². The van der Waals surface area contributed by atoms with Gasteiger partial charge in [0.25, 0.3) is 23.6 Å². The first kappa shape index (κ1) is 21.6. The van der Waals surface area contributed by atoms with Crippen LogP contribution in [0.2, 0.25) is 0 Å². The van der Waals surface area contributed by atoms with E-state index in [0.717, 1.165) is 14.7 Å². The van der Waals surface area contributed by atoms with Gasteiger partial charge >= 0.3 is 12.1 Å². The van der Waals surface area contributed by atoms with Crippen molar-refractivity contribution in [1.29, 1.82) is 0 Å². The summed E-state index contributed by atoms with van der Waals surface area (Å²) < 4.78 is 0. The maximum atomic E-state index is 12.4. The minimum absolute atomic E-state index is 0.153. The number of aryl methyl sites for hydroxylation is 2. The average molecular weight is 424 g/mol. The van der Waals surface area contributed by atoms with Crippen LogP contribution in [0.4, 0.5) is 9.59 Å². The second-order valence-electron chi connectivity index (χ2n) is 7.32. The molecule has 2 heterocycles. The van der Waals surface area contributed by atoms with Crippen molar-refractivity contribution in [2.45, 2.75) is 13.8 Å². The largest absolute Gasteiger partial charge is 0.333 e. The molecule has 0 atom stereocenters. The number of amides is 8. The van der Waals surface area contributed by atoms with E-state index in [1.54, 1.807) is 26.0 Å². The van der Waals surface area contributed by atoms with Crippen LogP contribution < -0.4 is 5.32 Å². The van der Waals surface area contributed by atoms with Crippen molar-refractivity contribution in [3.63, 3.8) is 0 Å². The second-order valence-corrected chi connectivity index (χ2v) is 7.32. The number of nitrogens with one attached hydrogen (secondary N) is 1. The molecule has 2 aliphatic rings. The molecular weight excluding hydrogens is 404 g/mol. The van der Waals surface area contributed by atoms with Gasteiger partial charge in [-0.15, -0.1) is 0 Å². The summed E-state index contributed by atoms with van der Waals surface area (Å²) in [6.45, 7) is 3.48. The van der Waals surface area contributed by atoms with Crippen molar-refractivity contribution >= 4 is 47.8 Å². The number of rotatable bonds is 2. The van der Waals surface area contributed by atoms with Gasteiger partial charge in [0.15, 0.2) is 0 Å². The summed E-state index contributed by atoms with van der Waals surface area (Å²) in [5.41, 5.74) is 2.13. The molecule has 1 N–H and O–H groups in total. The summed E-state index contributed by atoms with van der Waals surface area (Å²) >= 11 is 0.